The third-order valence-corrected chi connectivity index (χ3v) is 8.59. The molecule has 1 aromatic carbocycles. The monoisotopic (exact) mass is 532 g/mol. The molecule has 5 heterocycles. The average Bonchev–Trinajstić information content (AvgIpc) is 3.71. The summed E-state index contributed by atoms with van der Waals surface area (Å²) in [5, 5.41) is 15.6. The zero-order valence-electron chi connectivity index (χ0n) is 20.6. The number of rotatable bonds is 5. The second kappa shape index (κ2) is 9.64. The Kier molecular flexibility index (Phi) is 6.17. The van der Waals surface area contributed by atoms with Gasteiger partial charge in [-0.2, -0.15) is 0 Å². The number of piperidine rings is 1. The molecule has 0 radical (unpaired) electrons. The predicted molar refractivity (Wildman–Crippen MR) is 141 cm³/mol. The highest BCUT2D eigenvalue weighted by Gasteiger charge is 2.32. The topological polar surface area (TPSA) is 111 Å². The standard InChI is InChI=1S/C26H24N6O3S2/c1-14-20(23(35-29-14)24-15(2)28-31-37-24)26(33)32-11-9-18(10-12-32)25-27-19(13-36-25)21-16(3)34-30-22(21)17-7-5-4-6-8-17/h4-8,13,18H,9-12H2,1-3H3. The van der Waals surface area contributed by atoms with Crippen molar-refractivity contribution in [3.05, 3.63) is 63.4 Å². The molecule has 0 unspecified atom stereocenters. The Morgan fingerprint density at radius 3 is 2.54 bits per heavy atom. The normalized spacial score (nSPS) is 14.4. The van der Waals surface area contributed by atoms with Gasteiger partial charge in [-0.1, -0.05) is 45.1 Å². The highest BCUT2D eigenvalue weighted by atomic mass is 32.1. The van der Waals surface area contributed by atoms with Crippen LogP contribution in [0, 0.1) is 20.8 Å². The molecule has 37 heavy (non-hydrogen) atoms. The predicted octanol–water partition coefficient (Wildman–Crippen LogP) is 5.92. The van der Waals surface area contributed by atoms with Gasteiger partial charge in [0.25, 0.3) is 5.91 Å². The summed E-state index contributed by atoms with van der Waals surface area (Å²) in [5.41, 5.74) is 5.44. The van der Waals surface area contributed by atoms with Crippen molar-refractivity contribution in [2.75, 3.05) is 13.1 Å². The molecule has 1 fully saturated rings. The van der Waals surface area contributed by atoms with Gasteiger partial charge in [0, 0.05) is 30.0 Å². The van der Waals surface area contributed by atoms with E-state index in [0.29, 0.717) is 36.0 Å². The molecule has 0 N–H and O–H groups in total. The molecular weight excluding hydrogens is 508 g/mol. The average molecular weight is 533 g/mol. The maximum atomic E-state index is 13.5. The first-order valence-electron chi connectivity index (χ1n) is 12.0. The Hall–Kier alpha value is -3.70. The molecule has 1 amide bonds. The van der Waals surface area contributed by atoms with E-state index in [2.05, 4.69) is 25.3 Å². The van der Waals surface area contributed by atoms with E-state index in [1.807, 2.05) is 49.1 Å². The van der Waals surface area contributed by atoms with Gasteiger partial charge in [-0.3, -0.25) is 4.79 Å². The van der Waals surface area contributed by atoms with Crippen LogP contribution in [0.2, 0.25) is 0 Å². The quantitative estimate of drug-likeness (QED) is 0.274. The van der Waals surface area contributed by atoms with Crippen LogP contribution < -0.4 is 0 Å². The fraction of sp³-hybridized carbons (Fsp3) is 0.308. The molecule has 0 aliphatic carbocycles. The third kappa shape index (κ3) is 4.27. The molecule has 1 aliphatic heterocycles. The number of aryl methyl sites for hydroxylation is 3. The van der Waals surface area contributed by atoms with E-state index < -0.39 is 0 Å². The number of carbonyl (C=O) groups excluding carboxylic acids is 1. The minimum Gasteiger partial charge on any atom is -0.360 e. The van der Waals surface area contributed by atoms with Crippen LogP contribution in [0.3, 0.4) is 0 Å². The van der Waals surface area contributed by atoms with E-state index in [0.717, 1.165) is 56.7 Å². The van der Waals surface area contributed by atoms with Gasteiger partial charge in [0.05, 0.1) is 27.7 Å². The lowest BCUT2D eigenvalue weighted by Gasteiger charge is -2.31. The Morgan fingerprint density at radius 2 is 1.81 bits per heavy atom. The lowest BCUT2D eigenvalue weighted by atomic mass is 9.96. The molecule has 0 spiro atoms. The molecule has 9 nitrogen and oxygen atoms in total. The van der Waals surface area contributed by atoms with Gasteiger partial charge >= 0.3 is 0 Å². The zero-order valence-corrected chi connectivity index (χ0v) is 22.2. The van der Waals surface area contributed by atoms with Crippen LogP contribution >= 0.6 is 22.9 Å². The molecule has 0 bridgehead atoms. The summed E-state index contributed by atoms with van der Waals surface area (Å²) in [6.07, 6.45) is 1.68. The molecule has 11 heteroatoms. The summed E-state index contributed by atoms with van der Waals surface area (Å²) < 4.78 is 15.0. The van der Waals surface area contributed by atoms with Crippen molar-refractivity contribution >= 4 is 28.8 Å². The van der Waals surface area contributed by atoms with Gasteiger partial charge in [0.15, 0.2) is 5.76 Å². The summed E-state index contributed by atoms with van der Waals surface area (Å²) in [4.78, 5) is 21.1. The minimum absolute atomic E-state index is 0.0626. The number of thiazole rings is 1. The Labute approximate surface area is 221 Å². The number of hydrogen-bond donors (Lipinski definition) is 0. The Balaban J connectivity index is 1.18. The van der Waals surface area contributed by atoms with Crippen molar-refractivity contribution in [2.24, 2.45) is 0 Å². The second-order valence-electron chi connectivity index (χ2n) is 9.13. The van der Waals surface area contributed by atoms with Crippen LogP contribution in [0.5, 0.6) is 0 Å². The summed E-state index contributed by atoms with van der Waals surface area (Å²) in [5.74, 6) is 1.44. The van der Waals surface area contributed by atoms with E-state index in [1.54, 1.807) is 18.3 Å². The molecular formula is C26H24N6O3S2. The van der Waals surface area contributed by atoms with E-state index in [-0.39, 0.29) is 5.91 Å². The molecule has 188 valence electrons. The zero-order chi connectivity index (χ0) is 25.5. The van der Waals surface area contributed by atoms with E-state index in [1.165, 1.54) is 11.5 Å². The van der Waals surface area contributed by atoms with Crippen LogP contribution in [0.15, 0.2) is 44.8 Å². The lowest BCUT2D eigenvalue weighted by molar-refractivity contribution is 0.0712. The molecule has 0 saturated carbocycles. The molecule has 6 rings (SSSR count). The maximum absolute atomic E-state index is 13.5. The summed E-state index contributed by atoms with van der Waals surface area (Å²) in [6.45, 7) is 6.85. The number of carbonyl (C=O) groups is 1. The summed E-state index contributed by atoms with van der Waals surface area (Å²) in [6, 6.07) is 10.0. The van der Waals surface area contributed by atoms with E-state index >= 15 is 0 Å². The maximum Gasteiger partial charge on any atom is 0.259 e. The fourth-order valence-electron chi connectivity index (χ4n) is 4.76. The highest BCUT2D eigenvalue weighted by molar-refractivity contribution is 7.10. The highest BCUT2D eigenvalue weighted by Crippen LogP contribution is 2.38. The van der Waals surface area contributed by atoms with Gasteiger partial charge in [-0.25, -0.2) is 4.98 Å². The lowest BCUT2D eigenvalue weighted by Crippen LogP contribution is -2.38. The Morgan fingerprint density at radius 1 is 1.03 bits per heavy atom. The van der Waals surface area contributed by atoms with E-state index in [9.17, 15) is 4.79 Å². The van der Waals surface area contributed by atoms with Crippen molar-refractivity contribution in [3.8, 4) is 33.2 Å². The molecule has 0 atom stereocenters. The number of nitrogens with zero attached hydrogens (tertiary/aromatic N) is 6. The van der Waals surface area contributed by atoms with Crippen molar-refractivity contribution < 1.29 is 13.8 Å². The van der Waals surface area contributed by atoms with Crippen molar-refractivity contribution in [3.63, 3.8) is 0 Å². The van der Waals surface area contributed by atoms with Crippen LogP contribution in [0.25, 0.3) is 33.2 Å². The van der Waals surface area contributed by atoms with Crippen LogP contribution in [-0.4, -0.2) is 48.8 Å². The first-order chi connectivity index (χ1) is 18.0. The van der Waals surface area contributed by atoms with Crippen molar-refractivity contribution in [2.45, 2.75) is 39.5 Å². The second-order valence-corrected chi connectivity index (χ2v) is 10.8. The van der Waals surface area contributed by atoms with Crippen LogP contribution in [-0.2, 0) is 0 Å². The van der Waals surface area contributed by atoms with Gasteiger partial charge < -0.3 is 13.9 Å². The number of aromatic nitrogens is 5. The number of benzene rings is 1. The molecule has 1 aliphatic rings. The van der Waals surface area contributed by atoms with Crippen LogP contribution in [0.4, 0.5) is 0 Å². The van der Waals surface area contributed by atoms with Gasteiger partial charge in [0.2, 0.25) is 0 Å². The number of hydrogen-bond acceptors (Lipinski definition) is 10. The largest absolute Gasteiger partial charge is 0.360 e. The summed E-state index contributed by atoms with van der Waals surface area (Å²) >= 11 is 2.87. The Bertz CT molecular complexity index is 1560. The van der Waals surface area contributed by atoms with Gasteiger partial charge in [-0.05, 0) is 45.1 Å². The smallest absolute Gasteiger partial charge is 0.259 e. The third-order valence-electron chi connectivity index (χ3n) is 6.75. The van der Waals surface area contributed by atoms with Crippen molar-refractivity contribution in [1.29, 1.82) is 0 Å². The van der Waals surface area contributed by atoms with Gasteiger partial charge in [0.1, 0.15) is 21.9 Å². The molecule has 4 aromatic heterocycles. The minimum atomic E-state index is -0.0626. The summed E-state index contributed by atoms with van der Waals surface area (Å²) in [7, 11) is 0. The first-order valence-corrected chi connectivity index (χ1v) is 13.7. The van der Waals surface area contributed by atoms with Crippen LogP contribution in [0.1, 0.15) is 51.3 Å². The molecule has 1 saturated heterocycles. The fourth-order valence-corrected chi connectivity index (χ4v) is 6.38. The SMILES string of the molecule is Cc1nnsc1-c1onc(C)c1C(=O)N1CCC(c2nc(-c3c(-c4ccccc4)noc3C)cs2)CC1. The first kappa shape index (κ1) is 23.7. The van der Waals surface area contributed by atoms with Crippen molar-refractivity contribution in [1.82, 2.24) is 29.8 Å². The van der Waals surface area contributed by atoms with Gasteiger partial charge in [-0.15, -0.1) is 16.4 Å². The van der Waals surface area contributed by atoms with E-state index in [4.69, 9.17) is 14.0 Å². The number of likely N-dealkylation sites (tertiary alicyclic amines) is 1. The number of amides is 1. The molecule has 5 aromatic rings.